The van der Waals surface area contributed by atoms with E-state index in [2.05, 4.69) is 40.6 Å². The molecule has 18 nitrogen and oxygen atoms in total. The van der Waals surface area contributed by atoms with Gasteiger partial charge in [0.25, 0.3) is 23.6 Å². The second kappa shape index (κ2) is 19.7. The molecule has 0 bridgehead atoms. The fraction of sp³-hybridized carbons (Fsp3) is 0.560. The first-order valence-electron chi connectivity index (χ1n) is 25.0. The van der Waals surface area contributed by atoms with E-state index in [1.54, 1.807) is 12.1 Å². The number of benzene rings is 2. The predicted octanol–water partition coefficient (Wildman–Crippen LogP) is 4.71. The smallest absolute Gasteiger partial charge is 0.342 e. The SMILES string of the molecule is COc1cc(C(=O)NC2CCC(N3CCN(CC4CCN(c5cccc6c5C(=O)N(C5CCC(=O)NC5=O)C6=O)CC4)CC3)CC2)c(F)cc1Nc1ncc2c(n1)N(C1CCCC1)CC(F)(F)C(=O)N2C. The Bertz CT molecular complexity index is 2610. The molecule has 5 aliphatic heterocycles. The minimum absolute atomic E-state index is 0.0141. The Morgan fingerprint density at radius 2 is 1.61 bits per heavy atom. The van der Waals surface area contributed by atoms with E-state index in [1.165, 1.54) is 31.3 Å². The topological polar surface area (TPSA) is 193 Å². The van der Waals surface area contributed by atoms with Gasteiger partial charge >= 0.3 is 5.92 Å². The number of methoxy groups -OCH3 is 1. The Hall–Kier alpha value is -6.35. The number of carbonyl (C=O) groups is 6. The fourth-order valence-corrected chi connectivity index (χ4v) is 11.9. The summed E-state index contributed by atoms with van der Waals surface area (Å²) >= 11 is 0. The number of imide groups is 2. The van der Waals surface area contributed by atoms with E-state index in [-0.39, 0.29) is 59.4 Å². The summed E-state index contributed by atoms with van der Waals surface area (Å²) in [4.78, 5) is 97.2. The van der Waals surface area contributed by atoms with Crippen LogP contribution < -0.4 is 35.4 Å². The molecule has 1 atom stereocenters. The second-order valence-corrected chi connectivity index (χ2v) is 20.1. The lowest BCUT2D eigenvalue weighted by atomic mass is 9.89. The maximum absolute atomic E-state index is 15.8. The molecule has 6 heterocycles. The van der Waals surface area contributed by atoms with Crippen LogP contribution in [0, 0.1) is 11.7 Å². The molecule has 3 saturated heterocycles. The molecule has 6 amide bonds. The van der Waals surface area contributed by atoms with E-state index >= 15 is 13.2 Å². The average molecular weight is 984 g/mol. The molecule has 378 valence electrons. The number of nitrogens with one attached hydrogen (secondary N) is 3. The number of piperidine rings is 2. The summed E-state index contributed by atoms with van der Waals surface area (Å²) in [7, 11) is 2.66. The van der Waals surface area contributed by atoms with Crippen molar-refractivity contribution in [3.63, 3.8) is 0 Å². The standard InChI is InChI=1S/C50H60F3N11O7/c1-59-39-26-54-49(58-43(39)63(32-6-3-4-7-32)28-50(52,53)48(59)70)56-36-25-35(51)34(24-40(36)71-2)44(66)55-30-10-12-31(13-11-30)61-22-20-60(21-23-61)27-29-16-18-62(19-17-29)37-9-5-8-33-42(37)47(69)64(46(33)68)38-14-15-41(65)57-45(38)67/h5,8-9,24-26,29-32,38H,3-4,6-7,10-23,27-28H2,1-2H3,(H,55,66)(H,54,56,58)(H,57,65,67). The molecule has 7 aliphatic rings. The molecule has 2 aliphatic carbocycles. The van der Waals surface area contributed by atoms with Crippen LogP contribution in [0.3, 0.4) is 0 Å². The quantitative estimate of drug-likeness (QED) is 0.224. The van der Waals surface area contributed by atoms with E-state index in [0.29, 0.717) is 41.6 Å². The highest BCUT2D eigenvalue weighted by Crippen LogP contribution is 2.41. The van der Waals surface area contributed by atoms with Crippen molar-refractivity contribution in [2.45, 2.75) is 107 Å². The summed E-state index contributed by atoms with van der Waals surface area (Å²) in [6.45, 7) is 5.46. The van der Waals surface area contributed by atoms with E-state index in [0.717, 1.165) is 113 Å². The first-order valence-corrected chi connectivity index (χ1v) is 25.0. The van der Waals surface area contributed by atoms with E-state index in [9.17, 15) is 28.8 Å². The number of aromatic nitrogens is 2. The average Bonchev–Trinajstić information content (AvgIpc) is 3.98. The first-order chi connectivity index (χ1) is 34.2. The van der Waals surface area contributed by atoms with Gasteiger partial charge in [0.1, 0.15) is 23.3 Å². The Morgan fingerprint density at radius 1 is 0.873 bits per heavy atom. The molecule has 21 heteroatoms. The highest BCUT2D eigenvalue weighted by molar-refractivity contribution is 6.25. The zero-order valence-electron chi connectivity index (χ0n) is 40.1. The summed E-state index contributed by atoms with van der Waals surface area (Å²) in [5.41, 5.74) is 1.44. The van der Waals surface area contributed by atoms with Crippen molar-refractivity contribution in [3.05, 3.63) is 59.0 Å². The van der Waals surface area contributed by atoms with Crippen molar-refractivity contribution in [1.82, 2.24) is 35.3 Å². The number of alkyl halides is 2. The fourth-order valence-electron chi connectivity index (χ4n) is 11.9. The van der Waals surface area contributed by atoms with Gasteiger partial charge in [-0.2, -0.15) is 13.8 Å². The summed E-state index contributed by atoms with van der Waals surface area (Å²) in [5.74, 6) is -7.52. The third kappa shape index (κ3) is 9.49. The highest BCUT2D eigenvalue weighted by atomic mass is 19.3. The van der Waals surface area contributed by atoms with Crippen LogP contribution in [-0.2, 0) is 14.4 Å². The Morgan fingerprint density at radius 3 is 2.31 bits per heavy atom. The molecule has 3 aromatic rings. The predicted molar refractivity (Wildman–Crippen MR) is 256 cm³/mol. The van der Waals surface area contributed by atoms with Gasteiger partial charge in [-0.1, -0.05) is 18.9 Å². The molecule has 0 spiro atoms. The molecule has 2 aromatic carbocycles. The Kier molecular flexibility index (Phi) is 13.4. The lowest BCUT2D eigenvalue weighted by Gasteiger charge is -2.43. The van der Waals surface area contributed by atoms with Crippen LogP contribution in [0.4, 0.5) is 42.0 Å². The van der Waals surface area contributed by atoms with Crippen LogP contribution in [0.15, 0.2) is 36.5 Å². The number of ether oxygens (including phenoxy) is 1. The van der Waals surface area contributed by atoms with Gasteiger partial charge in [0.2, 0.25) is 17.8 Å². The zero-order valence-corrected chi connectivity index (χ0v) is 40.1. The Labute approximate surface area is 409 Å². The maximum atomic E-state index is 15.8. The molecule has 1 unspecified atom stereocenters. The number of halogens is 3. The first kappa shape index (κ1) is 48.3. The number of hydrogen-bond acceptors (Lipinski definition) is 14. The van der Waals surface area contributed by atoms with E-state index < -0.39 is 59.8 Å². The molecule has 71 heavy (non-hydrogen) atoms. The molecule has 5 fully saturated rings. The van der Waals surface area contributed by atoms with E-state index in [4.69, 9.17) is 4.74 Å². The summed E-state index contributed by atoms with van der Waals surface area (Å²) in [6, 6.07) is 6.77. The molecule has 1 aromatic heterocycles. The molecule has 10 rings (SSSR count). The number of rotatable bonds is 11. The van der Waals surface area contributed by atoms with Gasteiger partial charge in [0, 0.05) is 83.5 Å². The van der Waals surface area contributed by atoms with Gasteiger partial charge in [-0.15, -0.1) is 0 Å². The van der Waals surface area contributed by atoms with Gasteiger partial charge < -0.3 is 35.0 Å². The number of fused-ring (bicyclic) bond motifs is 2. The number of hydrogen-bond donors (Lipinski definition) is 3. The minimum atomic E-state index is -3.63. The molecular weight excluding hydrogens is 924 g/mol. The molecule has 2 saturated carbocycles. The third-order valence-electron chi connectivity index (χ3n) is 15.8. The van der Waals surface area contributed by atoms with Crippen molar-refractivity contribution >= 4 is 64.3 Å². The monoisotopic (exact) mass is 983 g/mol. The zero-order chi connectivity index (χ0) is 49.7. The normalized spacial score (nSPS) is 24.7. The van der Waals surface area contributed by atoms with Gasteiger partial charge in [-0.3, -0.25) is 43.9 Å². The van der Waals surface area contributed by atoms with Gasteiger partial charge in [-0.25, -0.2) is 9.37 Å². The highest BCUT2D eigenvalue weighted by Gasteiger charge is 2.49. The van der Waals surface area contributed by atoms with Gasteiger partial charge in [0.15, 0.2) is 5.82 Å². The van der Waals surface area contributed by atoms with Crippen LogP contribution in [0.1, 0.15) is 108 Å². The summed E-state index contributed by atoms with van der Waals surface area (Å²) < 4.78 is 51.5. The lowest BCUT2D eigenvalue weighted by Crippen LogP contribution is -2.54. The van der Waals surface area contributed by atoms with Crippen molar-refractivity contribution in [3.8, 4) is 5.75 Å². The van der Waals surface area contributed by atoms with Crippen molar-refractivity contribution in [2.24, 2.45) is 5.92 Å². The van der Waals surface area contributed by atoms with Crippen LogP contribution >= 0.6 is 0 Å². The van der Waals surface area contributed by atoms with Crippen LogP contribution in [-0.4, -0.2) is 157 Å². The molecular formula is C50H60F3N11O7. The number of piperazine rings is 1. The summed E-state index contributed by atoms with van der Waals surface area (Å²) in [6.07, 6.45) is 9.81. The van der Waals surface area contributed by atoms with Crippen LogP contribution in [0.25, 0.3) is 0 Å². The van der Waals surface area contributed by atoms with Crippen LogP contribution in [0.2, 0.25) is 0 Å². The summed E-state index contributed by atoms with van der Waals surface area (Å²) in [5, 5.41) is 8.24. The van der Waals surface area contributed by atoms with E-state index in [1.807, 2.05) is 6.07 Å². The van der Waals surface area contributed by atoms with Crippen molar-refractivity contribution in [2.75, 3.05) is 86.5 Å². The lowest BCUT2D eigenvalue weighted by molar-refractivity contribution is -0.140. The molecule has 0 radical (unpaired) electrons. The number of nitrogens with zero attached hydrogens (tertiary/aromatic N) is 8. The van der Waals surface area contributed by atoms with Crippen LogP contribution in [0.5, 0.6) is 5.75 Å². The largest absolute Gasteiger partial charge is 0.495 e. The number of amides is 6. The van der Waals surface area contributed by atoms with Crippen molar-refractivity contribution in [1.29, 1.82) is 0 Å². The maximum Gasteiger partial charge on any atom is 0.342 e. The number of anilines is 5. The molecule has 3 N–H and O–H groups in total. The minimum Gasteiger partial charge on any atom is -0.495 e. The van der Waals surface area contributed by atoms with Gasteiger partial charge in [-0.05, 0) is 81.9 Å². The Balaban J connectivity index is 0.687. The third-order valence-corrected chi connectivity index (χ3v) is 15.8. The number of carbonyl (C=O) groups excluding carboxylic acids is 6. The van der Waals surface area contributed by atoms with Crippen molar-refractivity contribution < 1.29 is 46.7 Å². The second-order valence-electron chi connectivity index (χ2n) is 20.1. The van der Waals surface area contributed by atoms with Gasteiger partial charge in [0.05, 0.1) is 47.9 Å².